The van der Waals surface area contributed by atoms with Crippen molar-refractivity contribution in [1.29, 1.82) is 5.26 Å². The van der Waals surface area contributed by atoms with Crippen LogP contribution in [0.1, 0.15) is 30.5 Å². The first kappa shape index (κ1) is 20.6. The lowest BCUT2D eigenvalue weighted by molar-refractivity contribution is -0.142. The van der Waals surface area contributed by atoms with Crippen LogP contribution in [-0.2, 0) is 21.9 Å². The molecule has 0 saturated carbocycles. The quantitative estimate of drug-likeness (QED) is 0.615. The second-order valence-electron chi connectivity index (χ2n) is 5.68. The average molecular weight is 398 g/mol. The first-order chi connectivity index (χ1) is 12.7. The van der Waals surface area contributed by atoms with Crippen molar-refractivity contribution in [3.63, 3.8) is 0 Å². The molecule has 0 radical (unpaired) electrons. The third kappa shape index (κ3) is 5.14. The number of nitrogens with zero attached hydrogens (tertiary/aromatic N) is 1. The fraction of sp³-hybridized carbons (Fsp3) is 0.263. The molecule has 0 N–H and O–H groups in total. The molecule has 0 atom stereocenters. The van der Waals surface area contributed by atoms with E-state index in [0.717, 1.165) is 12.1 Å². The van der Waals surface area contributed by atoms with Crippen molar-refractivity contribution in [2.24, 2.45) is 0 Å². The fourth-order valence-corrected chi connectivity index (χ4v) is 2.45. The number of benzene rings is 2. The molecule has 0 aliphatic heterocycles. The topological polar surface area (TPSA) is 59.3 Å². The van der Waals surface area contributed by atoms with Gasteiger partial charge in [0, 0.05) is 18.1 Å². The van der Waals surface area contributed by atoms with Crippen molar-refractivity contribution < 1.29 is 27.4 Å². The van der Waals surface area contributed by atoms with Gasteiger partial charge in [-0.3, -0.25) is 4.79 Å². The summed E-state index contributed by atoms with van der Waals surface area (Å²) in [6.07, 6.45) is -0.344. The van der Waals surface area contributed by atoms with Crippen molar-refractivity contribution in [3.05, 3.63) is 57.9 Å². The van der Waals surface area contributed by atoms with Crippen LogP contribution >= 0.6 is 11.6 Å². The van der Waals surface area contributed by atoms with Gasteiger partial charge in [-0.25, -0.2) is 13.2 Å². The lowest BCUT2D eigenvalue weighted by Gasteiger charge is -2.15. The van der Waals surface area contributed by atoms with E-state index in [9.17, 15) is 18.0 Å². The van der Waals surface area contributed by atoms with E-state index < -0.39 is 29.0 Å². The Bertz CT molecular complexity index is 904. The number of carbonyl (C=O) groups is 1. The number of halogens is 4. The summed E-state index contributed by atoms with van der Waals surface area (Å²) in [5, 5.41) is 8.90. The summed E-state index contributed by atoms with van der Waals surface area (Å²) in [6, 6.07) is 7.56. The molecule has 0 amide bonds. The first-order valence-electron chi connectivity index (χ1n) is 7.89. The van der Waals surface area contributed by atoms with Crippen LogP contribution in [0.4, 0.5) is 13.2 Å². The maximum atomic E-state index is 14.7. The zero-order valence-corrected chi connectivity index (χ0v) is 15.2. The van der Waals surface area contributed by atoms with Gasteiger partial charge in [0.25, 0.3) is 5.92 Å². The Morgan fingerprint density at radius 2 is 2.00 bits per heavy atom. The van der Waals surface area contributed by atoms with Gasteiger partial charge in [-0.2, -0.15) is 5.26 Å². The standard InChI is InChI=1S/C19H15ClF3NO3/c1-3-26-16(25)8-12-4-5-15(20)18(17(12)21)27-14-7-11(10-24)6-13(9-14)19(2,22)23/h4-7,9H,3,8H2,1-2H3. The molecule has 0 unspecified atom stereocenters. The smallest absolute Gasteiger partial charge is 0.310 e. The molecule has 0 saturated heterocycles. The Balaban J connectivity index is 2.43. The Hall–Kier alpha value is -2.72. The molecule has 0 fully saturated rings. The molecule has 2 rings (SSSR count). The van der Waals surface area contributed by atoms with Crippen molar-refractivity contribution >= 4 is 17.6 Å². The minimum absolute atomic E-state index is 0.0228. The monoisotopic (exact) mass is 397 g/mol. The Kier molecular flexibility index (Phi) is 6.34. The molecule has 0 aromatic heterocycles. The molecule has 0 aliphatic carbocycles. The van der Waals surface area contributed by atoms with Crippen LogP contribution in [0.25, 0.3) is 0 Å². The molecule has 27 heavy (non-hydrogen) atoms. The van der Waals surface area contributed by atoms with Crippen LogP contribution in [0.5, 0.6) is 11.5 Å². The SMILES string of the molecule is CCOC(=O)Cc1ccc(Cl)c(Oc2cc(C#N)cc(C(C)(F)F)c2)c1F. The number of carbonyl (C=O) groups excluding carboxylic acids is 1. The molecular formula is C19H15ClF3NO3. The Labute approximate surface area is 159 Å². The predicted molar refractivity (Wildman–Crippen MR) is 92.5 cm³/mol. The molecule has 142 valence electrons. The Morgan fingerprint density at radius 1 is 1.30 bits per heavy atom. The number of alkyl halides is 2. The maximum absolute atomic E-state index is 14.7. The van der Waals surface area contributed by atoms with E-state index >= 15 is 0 Å². The molecule has 4 nitrogen and oxygen atoms in total. The highest BCUT2D eigenvalue weighted by molar-refractivity contribution is 6.32. The van der Waals surface area contributed by atoms with E-state index in [4.69, 9.17) is 26.3 Å². The normalized spacial score (nSPS) is 11.0. The van der Waals surface area contributed by atoms with Crippen molar-refractivity contribution in [3.8, 4) is 17.6 Å². The highest BCUT2D eigenvalue weighted by atomic mass is 35.5. The van der Waals surface area contributed by atoms with Gasteiger partial charge in [0.2, 0.25) is 0 Å². The first-order valence-corrected chi connectivity index (χ1v) is 8.27. The lowest BCUT2D eigenvalue weighted by Crippen LogP contribution is -2.09. The second-order valence-corrected chi connectivity index (χ2v) is 6.09. The van der Waals surface area contributed by atoms with Gasteiger partial charge in [-0.15, -0.1) is 0 Å². The van der Waals surface area contributed by atoms with E-state index in [1.807, 2.05) is 0 Å². The fourth-order valence-electron chi connectivity index (χ4n) is 2.26. The minimum atomic E-state index is -3.22. The van der Waals surface area contributed by atoms with Gasteiger partial charge >= 0.3 is 5.97 Å². The number of hydrogen-bond acceptors (Lipinski definition) is 4. The summed E-state index contributed by atoms with van der Waals surface area (Å²) in [4.78, 5) is 11.6. The highest BCUT2D eigenvalue weighted by Gasteiger charge is 2.26. The zero-order chi connectivity index (χ0) is 20.2. The summed E-state index contributed by atoms with van der Waals surface area (Å²) >= 11 is 5.96. The zero-order valence-electron chi connectivity index (χ0n) is 14.5. The molecular weight excluding hydrogens is 383 g/mol. The number of nitriles is 1. The van der Waals surface area contributed by atoms with Gasteiger partial charge < -0.3 is 9.47 Å². The minimum Gasteiger partial charge on any atom is -0.466 e. The van der Waals surface area contributed by atoms with Crippen molar-refractivity contribution in [1.82, 2.24) is 0 Å². The number of esters is 1. The van der Waals surface area contributed by atoms with Crippen LogP contribution in [0, 0.1) is 17.1 Å². The molecule has 2 aromatic rings. The molecule has 0 heterocycles. The lowest BCUT2D eigenvalue weighted by atomic mass is 10.1. The van der Waals surface area contributed by atoms with Crippen molar-refractivity contribution in [2.75, 3.05) is 6.61 Å². The number of hydrogen-bond donors (Lipinski definition) is 0. The van der Waals surface area contributed by atoms with Gasteiger partial charge in [0.05, 0.1) is 29.7 Å². The number of rotatable bonds is 6. The molecule has 0 bridgehead atoms. The summed E-state index contributed by atoms with van der Waals surface area (Å²) in [7, 11) is 0. The summed E-state index contributed by atoms with van der Waals surface area (Å²) < 4.78 is 52.1. The van der Waals surface area contributed by atoms with E-state index in [1.165, 1.54) is 18.2 Å². The molecule has 0 aliphatic rings. The number of ether oxygens (including phenoxy) is 2. The third-order valence-corrected chi connectivity index (χ3v) is 3.83. The van der Waals surface area contributed by atoms with Gasteiger partial charge in [0.1, 0.15) is 5.75 Å². The maximum Gasteiger partial charge on any atom is 0.310 e. The van der Waals surface area contributed by atoms with Crippen LogP contribution in [0.2, 0.25) is 5.02 Å². The molecule has 2 aromatic carbocycles. The summed E-state index contributed by atoms with van der Waals surface area (Å²) in [6.45, 7) is 2.43. The second kappa shape index (κ2) is 8.31. The predicted octanol–water partition coefficient (Wildman–Crippen LogP) is 5.36. The highest BCUT2D eigenvalue weighted by Crippen LogP contribution is 2.37. The van der Waals surface area contributed by atoms with Crippen LogP contribution in [0.15, 0.2) is 30.3 Å². The average Bonchev–Trinajstić information content (AvgIpc) is 2.60. The van der Waals surface area contributed by atoms with Crippen LogP contribution in [-0.4, -0.2) is 12.6 Å². The van der Waals surface area contributed by atoms with E-state index in [-0.39, 0.29) is 34.9 Å². The third-order valence-electron chi connectivity index (χ3n) is 3.53. The van der Waals surface area contributed by atoms with Gasteiger partial charge in [-0.05, 0) is 31.2 Å². The Morgan fingerprint density at radius 3 is 2.59 bits per heavy atom. The van der Waals surface area contributed by atoms with E-state index in [2.05, 4.69) is 0 Å². The molecule has 0 spiro atoms. The van der Waals surface area contributed by atoms with E-state index in [1.54, 1.807) is 13.0 Å². The summed E-state index contributed by atoms with van der Waals surface area (Å²) in [5.74, 6) is -5.38. The van der Waals surface area contributed by atoms with Crippen LogP contribution < -0.4 is 4.74 Å². The van der Waals surface area contributed by atoms with E-state index in [0.29, 0.717) is 6.92 Å². The van der Waals surface area contributed by atoms with Crippen molar-refractivity contribution in [2.45, 2.75) is 26.2 Å². The van der Waals surface area contributed by atoms with Crippen LogP contribution in [0.3, 0.4) is 0 Å². The van der Waals surface area contributed by atoms with Gasteiger partial charge in [0.15, 0.2) is 11.6 Å². The van der Waals surface area contributed by atoms with Gasteiger partial charge in [-0.1, -0.05) is 17.7 Å². The largest absolute Gasteiger partial charge is 0.466 e. The molecule has 8 heteroatoms. The summed E-state index contributed by atoms with van der Waals surface area (Å²) in [5.41, 5.74) is -0.565.